The van der Waals surface area contributed by atoms with Gasteiger partial charge in [0.05, 0.1) is 0 Å². The maximum atomic E-state index is 3.68. The Morgan fingerprint density at radius 3 is 2.62 bits per heavy atom. The largest absolute Gasteiger partial charge is 0.366 e. The SMILES string of the molecule is CC1C=CC=C(N(CC2CCCN2)C2Cc3ccccc3C2)C=C1. The van der Waals surface area contributed by atoms with Crippen molar-refractivity contribution in [2.75, 3.05) is 13.1 Å². The van der Waals surface area contributed by atoms with E-state index in [0.717, 1.165) is 6.54 Å². The van der Waals surface area contributed by atoms with Crippen LogP contribution < -0.4 is 5.32 Å². The van der Waals surface area contributed by atoms with Crippen molar-refractivity contribution in [2.24, 2.45) is 5.92 Å². The minimum absolute atomic E-state index is 0.519. The third-order valence-electron chi connectivity index (χ3n) is 5.63. The van der Waals surface area contributed by atoms with E-state index in [4.69, 9.17) is 0 Å². The lowest BCUT2D eigenvalue weighted by Gasteiger charge is -2.34. The Hall–Kier alpha value is -1.80. The number of nitrogens with one attached hydrogen (secondary N) is 1. The van der Waals surface area contributed by atoms with Gasteiger partial charge < -0.3 is 10.2 Å². The van der Waals surface area contributed by atoms with Gasteiger partial charge >= 0.3 is 0 Å². The molecule has 1 heterocycles. The molecular formula is C22H28N2. The molecule has 0 saturated carbocycles. The summed E-state index contributed by atoms with van der Waals surface area (Å²) in [5, 5.41) is 3.68. The van der Waals surface area contributed by atoms with Crippen molar-refractivity contribution in [2.45, 2.75) is 44.7 Å². The van der Waals surface area contributed by atoms with Crippen molar-refractivity contribution in [3.8, 4) is 0 Å². The van der Waals surface area contributed by atoms with E-state index in [1.165, 1.54) is 49.1 Å². The molecule has 0 aromatic heterocycles. The Balaban J connectivity index is 1.58. The fraction of sp³-hybridized carbons (Fsp3) is 0.455. The highest BCUT2D eigenvalue weighted by atomic mass is 15.2. The molecule has 2 nitrogen and oxygen atoms in total. The first-order valence-electron chi connectivity index (χ1n) is 9.43. The molecule has 1 saturated heterocycles. The highest BCUT2D eigenvalue weighted by Gasteiger charge is 2.29. The molecule has 4 rings (SSSR count). The lowest BCUT2D eigenvalue weighted by atomic mass is 10.1. The van der Waals surface area contributed by atoms with Gasteiger partial charge in [0.2, 0.25) is 0 Å². The van der Waals surface area contributed by atoms with Crippen LogP contribution in [0.2, 0.25) is 0 Å². The summed E-state index contributed by atoms with van der Waals surface area (Å²) in [5.41, 5.74) is 4.45. The summed E-state index contributed by atoms with van der Waals surface area (Å²) in [5.74, 6) is 0.519. The maximum absolute atomic E-state index is 3.68. The highest BCUT2D eigenvalue weighted by molar-refractivity contribution is 5.36. The van der Waals surface area contributed by atoms with E-state index in [1.54, 1.807) is 0 Å². The molecule has 126 valence electrons. The zero-order valence-electron chi connectivity index (χ0n) is 14.6. The van der Waals surface area contributed by atoms with Crippen LogP contribution in [0, 0.1) is 5.92 Å². The lowest BCUT2D eigenvalue weighted by molar-refractivity contribution is 0.243. The summed E-state index contributed by atoms with van der Waals surface area (Å²) in [6.07, 6.45) is 16.4. The van der Waals surface area contributed by atoms with E-state index < -0.39 is 0 Å². The molecule has 2 unspecified atom stereocenters. The van der Waals surface area contributed by atoms with Gasteiger partial charge in [0, 0.05) is 24.3 Å². The number of hydrogen-bond donors (Lipinski definition) is 1. The Bertz CT molecular complexity index is 639. The van der Waals surface area contributed by atoms with Gasteiger partial charge in [-0.15, -0.1) is 0 Å². The van der Waals surface area contributed by atoms with E-state index in [1.807, 2.05) is 0 Å². The van der Waals surface area contributed by atoms with Crippen LogP contribution in [0.5, 0.6) is 0 Å². The van der Waals surface area contributed by atoms with Crippen LogP contribution in [0.1, 0.15) is 30.9 Å². The molecule has 3 aliphatic rings. The summed E-state index contributed by atoms with van der Waals surface area (Å²) < 4.78 is 0. The third-order valence-corrected chi connectivity index (χ3v) is 5.63. The summed E-state index contributed by atoms with van der Waals surface area (Å²) >= 11 is 0. The van der Waals surface area contributed by atoms with Gasteiger partial charge in [0.15, 0.2) is 0 Å². The number of allylic oxidation sites excluding steroid dienone is 5. The van der Waals surface area contributed by atoms with Crippen LogP contribution in [0.4, 0.5) is 0 Å². The normalized spacial score (nSPS) is 26.3. The molecule has 1 aromatic rings. The number of nitrogens with zero attached hydrogens (tertiary/aromatic N) is 1. The van der Waals surface area contributed by atoms with Crippen molar-refractivity contribution in [1.29, 1.82) is 0 Å². The van der Waals surface area contributed by atoms with Crippen LogP contribution in [-0.4, -0.2) is 30.1 Å². The first-order chi connectivity index (χ1) is 11.8. The smallest absolute Gasteiger partial charge is 0.0371 e. The Kier molecular flexibility index (Phi) is 4.57. The van der Waals surface area contributed by atoms with Crippen molar-refractivity contribution in [3.63, 3.8) is 0 Å². The molecule has 0 bridgehead atoms. The summed E-state index contributed by atoms with van der Waals surface area (Å²) in [7, 11) is 0. The van der Waals surface area contributed by atoms with Gasteiger partial charge in [0.1, 0.15) is 0 Å². The van der Waals surface area contributed by atoms with E-state index >= 15 is 0 Å². The predicted molar refractivity (Wildman–Crippen MR) is 101 cm³/mol. The quantitative estimate of drug-likeness (QED) is 0.906. The molecular weight excluding hydrogens is 292 g/mol. The molecule has 2 aliphatic carbocycles. The molecule has 2 heteroatoms. The fourth-order valence-electron chi connectivity index (χ4n) is 4.26. The molecule has 2 atom stereocenters. The Morgan fingerprint density at radius 2 is 1.92 bits per heavy atom. The zero-order chi connectivity index (χ0) is 16.4. The van der Waals surface area contributed by atoms with E-state index in [9.17, 15) is 0 Å². The number of hydrogen-bond acceptors (Lipinski definition) is 2. The molecule has 1 N–H and O–H groups in total. The highest BCUT2D eigenvalue weighted by Crippen LogP contribution is 2.29. The van der Waals surface area contributed by atoms with Crippen molar-refractivity contribution in [1.82, 2.24) is 10.2 Å². The maximum Gasteiger partial charge on any atom is 0.0371 e. The monoisotopic (exact) mass is 320 g/mol. The Labute approximate surface area is 145 Å². The summed E-state index contributed by atoms with van der Waals surface area (Å²) in [6.45, 7) is 4.55. The topological polar surface area (TPSA) is 15.3 Å². The van der Waals surface area contributed by atoms with Gasteiger partial charge in [-0.3, -0.25) is 0 Å². The second kappa shape index (κ2) is 6.98. The van der Waals surface area contributed by atoms with Gasteiger partial charge in [0.25, 0.3) is 0 Å². The molecule has 24 heavy (non-hydrogen) atoms. The van der Waals surface area contributed by atoms with Crippen molar-refractivity contribution in [3.05, 3.63) is 71.5 Å². The predicted octanol–water partition coefficient (Wildman–Crippen LogP) is 3.85. The van der Waals surface area contributed by atoms with Crippen molar-refractivity contribution >= 4 is 0 Å². The Morgan fingerprint density at radius 1 is 1.12 bits per heavy atom. The second-order valence-corrected chi connectivity index (χ2v) is 7.47. The van der Waals surface area contributed by atoms with Gasteiger partial charge in [-0.25, -0.2) is 0 Å². The fourth-order valence-corrected chi connectivity index (χ4v) is 4.26. The minimum Gasteiger partial charge on any atom is -0.366 e. The lowest BCUT2D eigenvalue weighted by Crippen LogP contribution is -2.43. The molecule has 0 amide bonds. The zero-order valence-corrected chi connectivity index (χ0v) is 14.6. The standard InChI is InChI=1S/C22H28N2/c1-17-6-4-10-21(12-11-17)24(16-20-9-5-13-23-20)22-14-18-7-2-3-8-19(18)15-22/h2-4,6-8,10-12,17,20,22-23H,5,9,13-16H2,1H3. The molecule has 1 fully saturated rings. The molecule has 0 spiro atoms. The van der Waals surface area contributed by atoms with Crippen LogP contribution in [0.3, 0.4) is 0 Å². The average Bonchev–Trinajstić information content (AvgIpc) is 3.20. The van der Waals surface area contributed by atoms with Crippen LogP contribution in [0.25, 0.3) is 0 Å². The number of benzene rings is 1. The van der Waals surface area contributed by atoms with Gasteiger partial charge in [-0.2, -0.15) is 0 Å². The molecule has 0 radical (unpaired) electrons. The van der Waals surface area contributed by atoms with Crippen LogP contribution in [-0.2, 0) is 12.8 Å². The van der Waals surface area contributed by atoms with E-state index in [-0.39, 0.29) is 0 Å². The first-order valence-corrected chi connectivity index (χ1v) is 9.43. The number of rotatable bonds is 4. The van der Waals surface area contributed by atoms with E-state index in [0.29, 0.717) is 18.0 Å². The van der Waals surface area contributed by atoms with Gasteiger partial charge in [-0.05, 0) is 61.4 Å². The van der Waals surface area contributed by atoms with Crippen LogP contribution in [0.15, 0.2) is 60.3 Å². The van der Waals surface area contributed by atoms with Crippen molar-refractivity contribution < 1.29 is 0 Å². The van der Waals surface area contributed by atoms with Gasteiger partial charge in [-0.1, -0.05) is 49.4 Å². The second-order valence-electron chi connectivity index (χ2n) is 7.47. The molecule has 1 aliphatic heterocycles. The molecule has 1 aromatic carbocycles. The van der Waals surface area contributed by atoms with Crippen LogP contribution >= 0.6 is 0 Å². The van der Waals surface area contributed by atoms with E-state index in [2.05, 4.69) is 71.8 Å². The number of fused-ring (bicyclic) bond motifs is 1. The summed E-state index contributed by atoms with van der Waals surface area (Å²) in [6, 6.07) is 10.2. The first kappa shape index (κ1) is 15.7. The minimum atomic E-state index is 0.519. The summed E-state index contributed by atoms with van der Waals surface area (Å²) in [4.78, 5) is 2.67. The average molecular weight is 320 g/mol. The third kappa shape index (κ3) is 3.34.